The van der Waals surface area contributed by atoms with Crippen LogP contribution in [0.4, 0.5) is 4.39 Å². The SMILES string of the molecule is COC1(Cc2nc3c(F)cccc3[nH]2)CCC1. The van der Waals surface area contributed by atoms with Crippen molar-refractivity contribution in [3.63, 3.8) is 0 Å². The van der Waals surface area contributed by atoms with E-state index in [4.69, 9.17) is 4.74 Å². The molecular formula is C13H15FN2O. The van der Waals surface area contributed by atoms with Gasteiger partial charge in [-0.05, 0) is 31.4 Å². The zero-order valence-electron chi connectivity index (χ0n) is 9.79. The summed E-state index contributed by atoms with van der Waals surface area (Å²) in [4.78, 5) is 7.48. The Bertz CT molecular complexity index is 540. The van der Waals surface area contributed by atoms with Gasteiger partial charge in [-0.1, -0.05) is 6.07 Å². The molecule has 1 aliphatic carbocycles. The highest BCUT2D eigenvalue weighted by Gasteiger charge is 2.38. The monoisotopic (exact) mass is 234 g/mol. The summed E-state index contributed by atoms with van der Waals surface area (Å²) < 4.78 is 19.0. The maximum absolute atomic E-state index is 13.5. The van der Waals surface area contributed by atoms with E-state index < -0.39 is 0 Å². The second kappa shape index (κ2) is 3.81. The van der Waals surface area contributed by atoms with Crippen LogP contribution in [0.2, 0.25) is 0 Å². The first kappa shape index (κ1) is 10.7. The van der Waals surface area contributed by atoms with Crippen molar-refractivity contribution in [1.29, 1.82) is 0 Å². The standard InChI is InChI=1S/C13H15FN2O/c1-17-13(6-3-7-13)8-11-15-10-5-2-4-9(14)12(10)16-11/h2,4-5H,3,6-8H2,1H3,(H,15,16). The van der Waals surface area contributed by atoms with Crippen molar-refractivity contribution in [3.05, 3.63) is 29.8 Å². The zero-order valence-corrected chi connectivity index (χ0v) is 9.79. The third kappa shape index (κ3) is 1.72. The number of nitrogens with one attached hydrogen (secondary N) is 1. The number of ether oxygens (including phenoxy) is 1. The number of hydrogen-bond acceptors (Lipinski definition) is 2. The molecule has 0 amide bonds. The molecule has 1 fully saturated rings. The normalized spacial score (nSPS) is 18.2. The third-order valence-electron chi connectivity index (χ3n) is 3.70. The average Bonchev–Trinajstić information content (AvgIpc) is 2.68. The number of hydrogen-bond donors (Lipinski definition) is 1. The molecule has 1 aromatic carbocycles. The number of H-pyrrole nitrogens is 1. The molecule has 0 aliphatic heterocycles. The molecule has 1 aromatic heterocycles. The molecule has 17 heavy (non-hydrogen) atoms. The summed E-state index contributed by atoms with van der Waals surface area (Å²) in [6.07, 6.45) is 4.05. The van der Waals surface area contributed by atoms with E-state index in [1.807, 2.05) is 6.07 Å². The Morgan fingerprint density at radius 3 is 2.88 bits per heavy atom. The van der Waals surface area contributed by atoms with Crippen LogP contribution in [0.25, 0.3) is 11.0 Å². The van der Waals surface area contributed by atoms with E-state index >= 15 is 0 Å². The smallest absolute Gasteiger partial charge is 0.151 e. The average molecular weight is 234 g/mol. The number of aromatic nitrogens is 2. The van der Waals surface area contributed by atoms with Gasteiger partial charge >= 0.3 is 0 Å². The summed E-state index contributed by atoms with van der Waals surface area (Å²) in [5.74, 6) is 0.539. The number of benzene rings is 1. The van der Waals surface area contributed by atoms with Crippen molar-refractivity contribution in [2.75, 3.05) is 7.11 Å². The van der Waals surface area contributed by atoms with Crippen molar-refractivity contribution >= 4 is 11.0 Å². The van der Waals surface area contributed by atoms with Crippen LogP contribution in [0.15, 0.2) is 18.2 Å². The minimum Gasteiger partial charge on any atom is -0.378 e. The van der Waals surface area contributed by atoms with E-state index in [1.54, 1.807) is 13.2 Å². The van der Waals surface area contributed by atoms with Crippen molar-refractivity contribution in [3.8, 4) is 0 Å². The number of para-hydroxylation sites is 1. The van der Waals surface area contributed by atoms with Crippen LogP contribution in [0.5, 0.6) is 0 Å². The Balaban J connectivity index is 1.93. The Morgan fingerprint density at radius 2 is 2.29 bits per heavy atom. The van der Waals surface area contributed by atoms with Crippen LogP contribution in [0.3, 0.4) is 0 Å². The Hall–Kier alpha value is -1.42. The topological polar surface area (TPSA) is 37.9 Å². The van der Waals surface area contributed by atoms with Gasteiger partial charge < -0.3 is 9.72 Å². The lowest BCUT2D eigenvalue weighted by atomic mass is 9.77. The fourth-order valence-electron chi connectivity index (χ4n) is 2.46. The van der Waals surface area contributed by atoms with E-state index in [9.17, 15) is 4.39 Å². The van der Waals surface area contributed by atoms with Gasteiger partial charge in [-0.2, -0.15) is 0 Å². The quantitative estimate of drug-likeness (QED) is 0.886. The van der Waals surface area contributed by atoms with Crippen LogP contribution < -0.4 is 0 Å². The van der Waals surface area contributed by atoms with Crippen LogP contribution >= 0.6 is 0 Å². The lowest BCUT2D eigenvalue weighted by molar-refractivity contribution is -0.0719. The van der Waals surface area contributed by atoms with E-state index in [-0.39, 0.29) is 11.4 Å². The number of nitrogens with zero attached hydrogens (tertiary/aromatic N) is 1. The van der Waals surface area contributed by atoms with Crippen molar-refractivity contribution in [2.24, 2.45) is 0 Å². The molecule has 0 bridgehead atoms. The number of halogens is 1. The molecule has 0 atom stereocenters. The first-order valence-electron chi connectivity index (χ1n) is 5.91. The summed E-state index contributed by atoms with van der Waals surface area (Å²) in [6.45, 7) is 0. The fourth-order valence-corrected chi connectivity index (χ4v) is 2.46. The van der Waals surface area contributed by atoms with Crippen molar-refractivity contribution < 1.29 is 9.13 Å². The maximum Gasteiger partial charge on any atom is 0.151 e. The largest absolute Gasteiger partial charge is 0.378 e. The second-order valence-electron chi connectivity index (χ2n) is 4.74. The fraction of sp³-hybridized carbons (Fsp3) is 0.462. The summed E-state index contributed by atoms with van der Waals surface area (Å²) in [7, 11) is 1.74. The molecule has 1 aliphatic rings. The Labute approximate surface area is 99.0 Å². The number of aromatic amines is 1. The molecular weight excluding hydrogens is 219 g/mol. The number of methoxy groups -OCH3 is 1. The molecule has 1 heterocycles. The first-order valence-corrected chi connectivity index (χ1v) is 5.91. The molecule has 90 valence electrons. The van der Waals surface area contributed by atoms with E-state index in [1.165, 1.54) is 12.5 Å². The van der Waals surface area contributed by atoms with Gasteiger partial charge in [0, 0.05) is 13.5 Å². The molecule has 1 saturated carbocycles. The molecule has 4 heteroatoms. The third-order valence-corrected chi connectivity index (χ3v) is 3.70. The molecule has 0 unspecified atom stereocenters. The van der Waals surface area contributed by atoms with Gasteiger partial charge in [0.25, 0.3) is 0 Å². The van der Waals surface area contributed by atoms with E-state index in [0.717, 1.165) is 30.6 Å². The minimum atomic E-state index is -0.273. The van der Waals surface area contributed by atoms with Crippen LogP contribution in [0.1, 0.15) is 25.1 Å². The molecule has 2 aromatic rings. The second-order valence-corrected chi connectivity index (χ2v) is 4.74. The van der Waals surface area contributed by atoms with Gasteiger partial charge in [-0.15, -0.1) is 0 Å². The predicted molar refractivity (Wildman–Crippen MR) is 63.3 cm³/mol. The van der Waals surface area contributed by atoms with Gasteiger partial charge in [0.1, 0.15) is 11.3 Å². The Kier molecular flexibility index (Phi) is 2.40. The summed E-state index contributed by atoms with van der Waals surface area (Å²) in [5.41, 5.74) is 1.10. The van der Waals surface area contributed by atoms with Gasteiger partial charge in [0.05, 0.1) is 11.1 Å². The molecule has 0 spiro atoms. The van der Waals surface area contributed by atoms with Gasteiger partial charge in [0.2, 0.25) is 0 Å². The van der Waals surface area contributed by atoms with Gasteiger partial charge in [-0.25, -0.2) is 9.37 Å². The highest BCUT2D eigenvalue weighted by molar-refractivity contribution is 5.75. The van der Waals surface area contributed by atoms with E-state index in [0.29, 0.717) is 5.52 Å². The van der Waals surface area contributed by atoms with Crippen LogP contribution in [0, 0.1) is 5.82 Å². The highest BCUT2D eigenvalue weighted by Crippen LogP contribution is 2.37. The number of imidazole rings is 1. The summed E-state index contributed by atoms with van der Waals surface area (Å²) >= 11 is 0. The molecule has 0 radical (unpaired) electrons. The minimum absolute atomic E-state index is 0.0790. The number of fused-ring (bicyclic) bond motifs is 1. The van der Waals surface area contributed by atoms with Crippen molar-refractivity contribution in [2.45, 2.75) is 31.3 Å². The zero-order chi connectivity index (χ0) is 11.9. The molecule has 0 saturated heterocycles. The lowest BCUT2D eigenvalue weighted by Crippen LogP contribution is -2.41. The summed E-state index contributed by atoms with van der Waals surface area (Å²) in [5, 5.41) is 0. The maximum atomic E-state index is 13.5. The van der Waals surface area contributed by atoms with Crippen LogP contribution in [-0.4, -0.2) is 22.7 Å². The molecule has 1 N–H and O–H groups in total. The first-order chi connectivity index (χ1) is 8.22. The van der Waals surface area contributed by atoms with Gasteiger partial charge in [-0.3, -0.25) is 0 Å². The highest BCUT2D eigenvalue weighted by atomic mass is 19.1. The van der Waals surface area contributed by atoms with E-state index in [2.05, 4.69) is 9.97 Å². The summed E-state index contributed by atoms with van der Waals surface area (Å²) in [6, 6.07) is 4.96. The Morgan fingerprint density at radius 1 is 1.47 bits per heavy atom. The molecule has 3 rings (SSSR count). The number of rotatable bonds is 3. The van der Waals surface area contributed by atoms with Crippen LogP contribution in [-0.2, 0) is 11.2 Å². The van der Waals surface area contributed by atoms with Crippen molar-refractivity contribution in [1.82, 2.24) is 9.97 Å². The predicted octanol–water partition coefficient (Wildman–Crippen LogP) is 2.81. The lowest BCUT2D eigenvalue weighted by Gasteiger charge is -2.39. The molecule has 3 nitrogen and oxygen atoms in total. The van der Waals surface area contributed by atoms with Gasteiger partial charge in [0.15, 0.2) is 5.82 Å².